The van der Waals surface area contributed by atoms with Crippen LogP contribution < -0.4 is 10.6 Å². The SMILES string of the molecule is CNc1ccccc1C(=O)OCC(=O)NC1(C#N)CCCCC1. The first-order valence-electron chi connectivity index (χ1n) is 7.76. The van der Waals surface area contributed by atoms with E-state index in [4.69, 9.17) is 4.74 Å². The topological polar surface area (TPSA) is 91.2 Å². The second kappa shape index (κ2) is 7.63. The number of nitriles is 1. The van der Waals surface area contributed by atoms with Gasteiger partial charge >= 0.3 is 5.97 Å². The molecule has 0 radical (unpaired) electrons. The summed E-state index contributed by atoms with van der Waals surface area (Å²) in [4.78, 5) is 24.1. The molecule has 6 heteroatoms. The minimum absolute atomic E-state index is 0.371. The largest absolute Gasteiger partial charge is 0.452 e. The molecule has 0 saturated heterocycles. The van der Waals surface area contributed by atoms with Crippen molar-refractivity contribution < 1.29 is 14.3 Å². The van der Waals surface area contributed by atoms with E-state index in [0.717, 1.165) is 19.3 Å². The van der Waals surface area contributed by atoms with Gasteiger partial charge in [-0.2, -0.15) is 5.26 Å². The maximum atomic E-state index is 12.1. The zero-order valence-electron chi connectivity index (χ0n) is 13.2. The molecule has 1 aliphatic rings. The molecule has 1 saturated carbocycles. The Balaban J connectivity index is 1.91. The van der Waals surface area contributed by atoms with Gasteiger partial charge in [0.15, 0.2) is 6.61 Å². The van der Waals surface area contributed by atoms with Crippen LogP contribution in [-0.4, -0.2) is 31.1 Å². The number of anilines is 1. The smallest absolute Gasteiger partial charge is 0.340 e. The minimum Gasteiger partial charge on any atom is -0.452 e. The van der Waals surface area contributed by atoms with E-state index in [1.54, 1.807) is 31.3 Å². The summed E-state index contributed by atoms with van der Waals surface area (Å²) < 4.78 is 5.06. The van der Waals surface area contributed by atoms with Crippen LogP contribution in [0, 0.1) is 11.3 Å². The average molecular weight is 315 g/mol. The Labute approximate surface area is 135 Å². The highest BCUT2D eigenvalue weighted by Crippen LogP contribution is 2.27. The molecule has 2 N–H and O–H groups in total. The van der Waals surface area contributed by atoms with Crippen LogP contribution in [0.3, 0.4) is 0 Å². The maximum absolute atomic E-state index is 12.1. The van der Waals surface area contributed by atoms with Gasteiger partial charge in [0.1, 0.15) is 5.54 Å². The number of hydrogen-bond acceptors (Lipinski definition) is 5. The first-order chi connectivity index (χ1) is 11.1. The number of benzene rings is 1. The van der Waals surface area contributed by atoms with Crippen LogP contribution >= 0.6 is 0 Å². The lowest BCUT2D eigenvalue weighted by Crippen LogP contribution is -2.50. The lowest BCUT2D eigenvalue weighted by Gasteiger charge is -2.31. The van der Waals surface area contributed by atoms with Crippen LogP contribution in [0.2, 0.25) is 0 Å². The highest BCUT2D eigenvalue weighted by Gasteiger charge is 2.33. The number of amides is 1. The highest BCUT2D eigenvalue weighted by molar-refractivity contribution is 5.96. The molecule has 23 heavy (non-hydrogen) atoms. The lowest BCUT2D eigenvalue weighted by molar-refractivity contribution is -0.125. The van der Waals surface area contributed by atoms with Crippen molar-refractivity contribution in [2.75, 3.05) is 19.0 Å². The van der Waals surface area contributed by atoms with E-state index < -0.39 is 17.4 Å². The zero-order valence-corrected chi connectivity index (χ0v) is 13.2. The Bertz CT molecular complexity index is 616. The van der Waals surface area contributed by atoms with E-state index in [0.29, 0.717) is 24.1 Å². The van der Waals surface area contributed by atoms with Gasteiger partial charge in [-0.05, 0) is 25.0 Å². The summed E-state index contributed by atoms with van der Waals surface area (Å²) in [6, 6.07) is 9.11. The maximum Gasteiger partial charge on any atom is 0.340 e. The van der Waals surface area contributed by atoms with Crippen molar-refractivity contribution in [3.63, 3.8) is 0 Å². The van der Waals surface area contributed by atoms with Crippen LogP contribution in [0.5, 0.6) is 0 Å². The van der Waals surface area contributed by atoms with Crippen molar-refractivity contribution in [2.45, 2.75) is 37.6 Å². The van der Waals surface area contributed by atoms with E-state index in [9.17, 15) is 14.9 Å². The third-order valence-electron chi connectivity index (χ3n) is 4.05. The van der Waals surface area contributed by atoms with E-state index >= 15 is 0 Å². The Morgan fingerprint density at radius 3 is 2.61 bits per heavy atom. The summed E-state index contributed by atoms with van der Waals surface area (Å²) in [5.74, 6) is -1.01. The zero-order chi connectivity index (χ0) is 16.7. The standard InChI is InChI=1S/C17H21N3O3/c1-19-14-8-4-3-7-13(14)16(22)23-11-15(21)20-17(12-18)9-5-2-6-10-17/h3-4,7-8,19H,2,5-6,9-11H2,1H3,(H,20,21). The molecule has 2 rings (SSSR count). The van der Waals surface area contributed by atoms with Gasteiger partial charge in [0, 0.05) is 12.7 Å². The van der Waals surface area contributed by atoms with Gasteiger partial charge in [0.25, 0.3) is 5.91 Å². The third-order valence-corrected chi connectivity index (χ3v) is 4.05. The molecule has 6 nitrogen and oxygen atoms in total. The molecule has 1 fully saturated rings. The molecule has 0 aliphatic heterocycles. The number of nitrogens with zero attached hydrogens (tertiary/aromatic N) is 1. The molecule has 1 aromatic carbocycles. The molecule has 0 spiro atoms. The van der Waals surface area contributed by atoms with Crippen LogP contribution in [0.25, 0.3) is 0 Å². The number of esters is 1. The lowest BCUT2D eigenvalue weighted by atomic mass is 9.83. The van der Waals surface area contributed by atoms with Gasteiger partial charge in [-0.3, -0.25) is 4.79 Å². The fourth-order valence-corrected chi connectivity index (χ4v) is 2.81. The fourth-order valence-electron chi connectivity index (χ4n) is 2.81. The van der Waals surface area contributed by atoms with Crippen molar-refractivity contribution in [3.05, 3.63) is 29.8 Å². The van der Waals surface area contributed by atoms with Crippen molar-refractivity contribution in [3.8, 4) is 6.07 Å². The monoisotopic (exact) mass is 315 g/mol. The molecule has 1 aliphatic carbocycles. The van der Waals surface area contributed by atoms with E-state index in [1.807, 2.05) is 0 Å². The number of rotatable bonds is 5. The Morgan fingerprint density at radius 1 is 1.26 bits per heavy atom. The van der Waals surface area contributed by atoms with Crippen LogP contribution in [0.15, 0.2) is 24.3 Å². The van der Waals surface area contributed by atoms with Crippen molar-refractivity contribution in [2.24, 2.45) is 0 Å². The molecule has 0 bridgehead atoms. The van der Waals surface area contributed by atoms with Gasteiger partial charge in [-0.1, -0.05) is 31.4 Å². The summed E-state index contributed by atoms with van der Waals surface area (Å²) in [7, 11) is 1.71. The second-order valence-corrected chi connectivity index (χ2v) is 5.67. The van der Waals surface area contributed by atoms with Crippen LogP contribution in [0.1, 0.15) is 42.5 Å². The molecule has 1 amide bonds. The first kappa shape index (κ1) is 16.8. The van der Waals surface area contributed by atoms with Crippen molar-refractivity contribution >= 4 is 17.6 Å². The summed E-state index contributed by atoms with van der Waals surface area (Å²) in [5, 5.41) is 15.0. The number of nitrogens with one attached hydrogen (secondary N) is 2. The predicted octanol–water partition coefficient (Wildman–Crippen LogP) is 2.23. The summed E-state index contributed by atoms with van der Waals surface area (Å²) in [5.41, 5.74) is 0.194. The normalized spacial score (nSPS) is 16.0. The molecule has 1 aromatic rings. The van der Waals surface area contributed by atoms with Crippen molar-refractivity contribution in [1.82, 2.24) is 5.32 Å². The number of carbonyl (C=O) groups is 2. The third kappa shape index (κ3) is 4.22. The number of ether oxygens (including phenoxy) is 1. The summed E-state index contributed by atoms with van der Waals surface area (Å²) in [6.07, 6.45) is 4.21. The Kier molecular flexibility index (Phi) is 5.58. The van der Waals surface area contributed by atoms with E-state index in [-0.39, 0.29) is 6.61 Å². The van der Waals surface area contributed by atoms with Crippen LogP contribution in [0.4, 0.5) is 5.69 Å². The minimum atomic E-state index is -0.815. The fraction of sp³-hybridized carbons (Fsp3) is 0.471. The number of para-hydroxylation sites is 1. The molecular weight excluding hydrogens is 294 g/mol. The summed E-state index contributed by atoms with van der Waals surface area (Å²) in [6.45, 7) is -0.389. The van der Waals surface area contributed by atoms with Crippen LogP contribution in [-0.2, 0) is 9.53 Å². The Hall–Kier alpha value is -2.55. The van der Waals surface area contributed by atoms with Crippen molar-refractivity contribution in [1.29, 1.82) is 5.26 Å². The van der Waals surface area contributed by atoms with Gasteiger partial charge in [0.2, 0.25) is 0 Å². The van der Waals surface area contributed by atoms with Gasteiger partial charge < -0.3 is 15.4 Å². The molecular formula is C17H21N3O3. The van der Waals surface area contributed by atoms with E-state index in [1.165, 1.54) is 0 Å². The second-order valence-electron chi connectivity index (χ2n) is 5.67. The Morgan fingerprint density at radius 2 is 1.96 bits per heavy atom. The molecule has 0 heterocycles. The quantitative estimate of drug-likeness (QED) is 0.813. The van der Waals surface area contributed by atoms with E-state index in [2.05, 4.69) is 16.7 Å². The van der Waals surface area contributed by atoms with Gasteiger partial charge in [-0.15, -0.1) is 0 Å². The first-order valence-corrected chi connectivity index (χ1v) is 7.76. The molecule has 0 aromatic heterocycles. The number of carbonyl (C=O) groups excluding carboxylic acids is 2. The number of hydrogen-bond donors (Lipinski definition) is 2. The molecule has 0 atom stereocenters. The molecule has 0 unspecified atom stereocenters. The van der Waals surface area contributed by atoms with Gasteiger partial charge in [-0.25, -0.2) is 4.79 Å². The predicted molar refractivity (Wildman–Crippen MR) is 85.8 cm³/mol. The average Bonchev–Trinajstić information content (AvgIpc) is 2.60. The summed E-state index contributed by atoms with van der Waals surface area (Å²) >= 11 is 0. The highest BCUT2D eigenvalue weighted by atomic mass is 16.5. The van der Waals surface area contributed by atoms with Gasteiger partial charge in [0.05, 0.1) is 11.6 Å². The molecule has 122 valence electrons.